The molecular weight excluding hydrogens is 263 g/mol. The van der Waals surface area contributed by atoms with Crippen molar-refractivity contribution in [2.45, 2.75) is 43.8 Å². The van der Waals surface area contributed by atoms with Gasteiger partial charge in [0.15, 0.2) is 0 Å². The molecule has 0 saturated heterocycles. The number of rotatable bonds is 3. The molecule has 1 N–H and O–H groups in total. The SMILES string of the molecule is OC1CCCCc2cn(CCSC(F)(F)F)cc21. The van der Waals surface area contributed by atoms with Gasteiger partial charge < -0.3 is 9.67 Å². The largest absolute Gasteiger partial charge is 0.441 e. The predicted molar refractivity (Wildman–Crippen MR) is 65.5 cm³/mol. The van der Waals surface area contributed by atoms with Crippen molar-refractivity contribution in [3.8, 4) is 0 Å². The Morgan fingerprint density at radius 2 is 2.11 bits per heavy atom. The predicted octanol–water partition coefficient (Wildman–Crippen LogP) is 3.50. The van der Waals surface area contributed by atoms with Crippen LogP contribution in [0.1, 0.15) is 36.5 Å². The molecule has 0 saturated carbocycles. The molecular formula is C12H16F3NOS. The van der Waals surface area contributed by atoms with Gasteiger partial charge in [0.25, 0.3) is 0 Å². The van der Waals surface area contributed by atoms with Crippen LogP contribution in [0.15, 0.2) is 12.4 Å². The summed E-state index contributed by atoms with van der Waals surface area (Å²) in [7, 11) is 0. The number of alkyl halides is 3. The van der Waals surface area contributed by atoms with E-state index >= 15 is 0 Å². The molecule has 1 atom stereocenters. The van der Waals surface area contributed by atoms with Gasteiger partial charge in [-0.2, -0.15) is 13.2 Å². The van der Waals surface area contributed by atoms with Crippen molar-refractivity contribution in [3.05, 3.63) is 23.5 Å². The van der Waals surface area contributed by atoms with Crippen LogP contribution >= 0.6 is 11.8 Å². The van der Waals surface area contributed by atoms with Crippen molar-refractivity contribution < 1.29 is 18.3 Å². The number of hydrogen-bond donors (Lipinski definition) is 1. The summed E-state index contributed by atoms with van der Waals surface area (Å²) in [6.07, 6.45) is 6.90. The maximum atomic E-state index is 12.0. The van der Waals surface area contributed by atoms with Crippen LogP contribution in [-0.4, -0.2) is 20.9 Å². The summed E-state index contributed by atoms with van der Waals surface area (Å²) in [6.45, 7) is 0.323. The summed E-state index contributed by atoms with van der Waals surface area (Å²) < 4.78 is 37.8. The second-order valence-corrected chi connectivity index (χ2v) is 5.69. The van der Waals surface area contributed by atoms with E-state index in [4.69, 9.17) is 0 Å². The first-order chi connectivity index (χ1) is 8.46. The van der Waals surface area contributed by atoms with Gasteiger partial charge in [0, 0.05) is 30.3 Å². The highest BCUT2D eigenvalue weighted by Gasteiger charge is 2.27. The summed E-state index contributed by atoms with van der Waals surface area (Å²) in [5.74, 6) is 0.00710. The van der Waals surface area contributed by atoms with E-state index in [1.54, 1.807) is 10.8 Å². The number of hydrogen-bond acceptors (Lipinski definition) is 2. The molecule has 1 aromatic heterocycles. The normalized spacial score (nSPS) is 20.6. The molecule has 0 bridgehead atoms. The van der Waals surface area contributed by atoms with Crippen LogP contribution in [0.3, 0.4) is 0 Å². The van der Waals surface area contributed by atoms with Crippen LogP contribution in [-0.2, 0) is 13.0 Å². The average Bonchev–Trinajstić information content (AvgIpc) is 2.58. The molecule has 1 aliphatic carbocycles. The monoisotopic (exact) mass is 279 g/mol. The zero-order valence-electron chi connectivity index (χ0n) is 9.91. The van der Waals surface area contributed by atoms with Crippen molar-refractivity contribution in [1.82, 2.24) is 4.57 Å². The maximum Gasteiger partial charge on any atom is 0.441 e. The third-order valence-electron chi connectivity index (χ3n) is 3.15. The van der Waals surface area contributed by atoms with Gasteiger partial charge in [-0.25, -0.2) is 0 Å². The van der Waals surface area contributed by atoms with Gasteiger partial charge in [0.05, 0.1) is 6.10 Å². The first-order valence-electron chi connectivity index (χ1n) is 6.03. The minimum absolute atomic E-state index is 0.00407. The molecule has 0 radical (unpaired) electrons. The highest BCUT2D eigenvalue weighted by molar-refractivity contribution is 8.00. The molecule has 1 heterocycles. The number of aromatic nitrogens is 1. The molecule has 0 fully saturated rings. The smallest absolute Gasteiger partial charge is 0.388 e. The van der Waals surface area contributed by atoms with Crippen molar-refractivity contribution in [2.75, 3.05) is 5.75 Å². The number of thioether (sulfide) groups is 1. The second kappa shape index (κ2) is 5.57. The highest BCUT2D eigenvalue weighted by Crippen LogP contribution is 2.31. The molecule has 2 rings (SSSR count). The van der Waals surface area contributed by atoms with Gasteiger partial charge in [-0.05, 0) is 36.6 Å². The Balaban J connectivity index is 1.97. The van der Waals surface area contributed by atoms with E-state index in [9.17, 15) is 18.3 Å². The lowest BCUT2D eigenvalue weighted by Crippen LogP contribution is -2.06. The summed E-state index contributed by atoms with van der Waals surface area (Å²) in [5, 5.41) is 9.91. The van der Waals surface area contributed by atoms with Gasteiger partial charge in [0.2, 0.25) is 0 Å². The molecule has 0 aromatic carbocycles. The maximum absolute atomic E-state index is 12.0. The lowest BCUT2D eigenvalue weighted by molar-refractivity contribution is -0.0328. The van der Waals surface area contributed by atoms with E-state index in [2.05, 4.69) is 0 Å². The van der Waals surface area contributed by atoms with E-state index in [0.717, 1.165) is 36.8 Å². The van der Waals surface area contributed by atoms with Gasteiger partial charge in [-0.1, -0.05) is 6.42 Å². The number of nitrogens with zero attached hydrogens (tertiary/aromatic N) is 1. The fourth-order valence-electron chi connectivity index (χ4n) is 2.29. The first kappa shape index (κ1) is 13.8. The average molecular weight is 279 g/mol. The minimum Gasteiger partial charge on any atom is -0.388 e. The Kier molecular flexibility index (Phi) is 4.27. The molecule has 102 valence electrons. The molecule has 0 aliphatic heterocycles. The summed E-state index contributed by atoms with van der Waals surface area (Å²) in [5.41, 5.74) is -2.19. The summed E-state index contributed by atoms with van der Waals surface area (Å²) in [4.78, 5) is 0. The molecule has 2 nitrogen and oxygen atoms in total. The van der Waals surface area contributed by atoms with E-state index in [1.165, 1.54) is 0 Å². The molecule has 18 heavy (non-hydrogen) atoms. The molecule has 1 unspecified atom stereocenters. The van der Waals surface area contributed by atoms with Gasteiger partial charge in [0.1, 0.15) is 0 Å². The number of aliphatic hydroxyl groups excluding tert-OH is 1. The molecule has 0 spiro atoms. The fraction of sp³-hybridized carbons (Fsp3) is 0.667. The van der Waals surface area contributed by atoms with Crippen LogP contribution in [0.2, 0.25) is 0 Å². The van der Waals surface area contributed by atoms with Crippen LogP contribution in [0.4, 0.5) is 13.2 Å². The Hall–Kier alpha value is -0.620. The first-order valence-corrected chi connectivity index (χ1v) is 7.01. The quantitative estimate of drug-likeness (QED) is 0.857. The van der Waals surface area contributed by atoms with Crippen LogP contribution < -0.4 is 0 Å². The molecule has 6 heteroatoms. The molecule has 1 aliphatic rings. The Bertz CT molecular complexity index is 403. The van der Waals surface area contributed by atoms with E-state index in [-0.39, 0.29) is 17.5 Å². The van der Waals surface area contributed by atoms with E-state index < -0.39 is 11.6 Å². The Labute approximate surface area is 108 Å². The fourth-order valence-corrected chi connectivity index (χ4v) is 2.82. The second-order valence-electron chi connectivity index (χ2n) is 4.53. The van der Waals surface area contributed by atoms with E-state index in [1.807, 2.05) is 6.20 Å². The van der Waals surface area contributed by atoms with Crippen LogP contribution in [0.5, 0.6) is 0 Å². The standard InChI is InChI=1S/C12H16F3NOS/c13-12(14,15)18-6-5-16-7-9-3-1-2-4-11(17)10(9)8-16/h7-8,11,17H,1-6H2. The molecule has 1 aromatic rings. The molecule has 0 amide bonds. The third kappa shape index (κ3) is 3.68. The van der Waals surface area contributed by atoms with Crippen LogP contribution in [0.25, 0.3) is 0 Å². The van der Waals surface area contributed by atoms with Gasteiger partial charge in [-0.3, -0.25) is 0 Å². The van der Waals surface area contributed by atoms with Crippen molar-refractivity contribution in [3.63, 3.8) is 0 Å². The number of fused-ring (bicyclic) bond motifs is 1. The Morgan fingerprint density at radius 1 is 1.33 bits per heavy atom. The Morgan fingerprint density at radius 3 is 2.83 bits per heavy atom. The minimum atomic E-state index is -4.16. The zero-order valence-corrected chi connectivity index (χ0v) is 10.7. The van der Waals surface area contributed by atoms with E-state index in [0.29, 0.717) is 6.54 Å². The topological polar surface area (TPSA) is 25.2 Å². The highest BCUT2D eigenvalue weighted by atomic mass is 32.2. The van der Waals surface area contributed by atoms with Crippen molar-refractivity contribution >= 4 is 11.8 Å². The third-order valence-corrected chi connectivity index (χ3v) is 3.86. The number of aliphatic hydroxyl groups is 1. The van der Waals surface area contributed by atoms with Crippen molar-refractivity contribution in [1.29, 1.82) is 0 Å². The van der Waals surface area contributed by atoms with Gasteiger partial charge >= 0.3 is 5.51 Å². The summed E-state index contributed by atoms with van der Waals surface area (Å²) in [6, 6.07) is 0. The van der Waals surface area contributed by atoms with Crippen molar-refractivity contribution in [2.24, 2.45) is 0 Å². The zero-order chi connectivity index (χ0) is 13.2. The lowest BCUT2D eigenvalue weighted by Gasteiger charge is -2.07. The van der Waals surface area contributed by atoms with Crippen LogP contribution in [0, 0.1) is 0 Å². The van der Waals surface area contributed by atoms with Gasteiger partial charge in [-0.15, -0.1) is 0 Å². The lowest BCUT2D eigenvalue weighted by atomic mass is 10.1. The number of halogens is 3. The summed E-state index contributed by atoms with van der Waals surface area (Å²) >= 11 is -0.00407. The number of aryl methyl sites for hydroxylation is 2.